The van der Waals surface area contributed by atoms with E-state index in [0.29, 0.717) is 41.2 Å². The molecule has 1 aliphatic heterocycles. The zero-order valence-electron chi connectivity index (χ0n) is 23.1. The molecule has 6 aliphatic carbocycles. The number of hydrogen-bond acceptors (Lipinski definition) is 9. The van der Waals surface area contributed by atoms with Gasteiger partial charge in [0.05, 0.1) is 22.3 Å². The largest absolute Gasteiger partial charge is 0.744 e. The van der Waals surface area contributed by atoms with E-state index in [0.717, 1.165) is 29.3 Å². The molecule has 226 valence electrons. The van der Waals surface area contributed by atoms with E-state index in [-0.39, 0.29) is 22.5 Å². The Morgan fingerprint density at radius 2 is 1.60 bits per heavy atom. The number of benzene rings is 2. The Labute approximate surface area is 262 Å². The Kier molecular flexibility index (Phi) is 6.51. The van der Waals surface area contributed by atoms with E-state index in [9.17, 15) is 27.4 Å². The first-order chi connectivity index (χ1) is 20.6. The molecule has 0 radical (unpaired) electrons. The van der Waals surface area contributed by atoms with Crippen molar-refractivity contribution in [3.63, 3.8) is 0 Å². The summed E-state index contributed by atoms with van der Waals surface area (Å²) in [5.74, 6) is -1.90. The van der Waals surface area contributed by atoms with Gasteiger partial charge in [-0.15, -0.1) is 0 Å². The molecule has 2 aromatic carbocycles. The lowest BCUT2D eigenvalue weighted by molar-refractivity contribution is -0.149. The zero-order chi connectivity index (χ0) is 29.8. The minimum absolute atomic E-state index is 0.0668. The Morgan fingerprint density at radius 3 is 2.28 bits per heavy atom. The maximum Gasteiger partial charge on any atom is 0.339 e. The summed E-state index contributed by atoms with van der Waals surface area (Å²) in [6.45, 7) is 0. The number of halogens is 1. The van der Waals surface area contributed by atoms with Crippen LogP contribution < -0.4 is 4.74 Å². The maximum absolute atomic E-state index is 13.8. The first-order valence-electron chi connectivity index (χ1n) is 15.0. The van der Waals surface area contributed by atoms with Crippen molar-refractivity contribution in [2.75, 3.05) is 0 Å². The summed E-state index contributed by atoms with van der Waals surface area (Å²) in [5.41, 5.74) is 0.850. The van der Waals surface area contributed by atoms with Gasteiger partial charge in [-0.3, -0.25) is 9.59 Å². The van der Waals surface area contributed by atoms with Gasteiger partial charge in [-0.2, -0.15) is 0 Å². The van der Waals surface area contributed by atoms with Crippen LogP contribution in [0.5, 0.6) is 5.75 Å². The SMILES string of the molecule is O=C(OC1C2CC3C1OC(=O)C3C2C(=O)Oc1ccc(S(=O)(=O)[O-])c(C2C3CC4CC(C3)CC2C4)c1)c1ccccc1I. The van der Waals surface area contributed by atoms with E-state index in [1.54, 1.807) is 24.3 Å². The third-order valence-corrected chi connectivity index (χ3v) is 13.1. The monoisotopic (exact) mass is 717 g/mol. The Hall–Kier alpha value is -2.51. The lowest BCUT2D eigenvalue weighted by Crippen LogP contribution is -2.44. The maximum atomic E-state index is 13.8. The summed E-state index contributed by atoms with van der Waals surface area (Å²) >= 11 is 2.06. The second-order valence-electron chi connectivity index (χ2n) is 13.4. The highest BCUT2D eigenvalue weighted by atomic mass is 127. The van der Waals surface area contributed by atoms with E-state index in [4.69, 9.17) is 14.2 Å². The van der Waals surface area contributed by atoms with Crippen LogP contribution in [0.4, 0.5) is 0 Å². The Morgan fingerprint density at radius 1 is 0.907 bits per heavy atom. The van der Waals surface area contributed by atoms with Gasteiger partial charge in [0, 0.05) is 15.4 Å². The second-order valence-corrected chi connectivity index (χ2v) is 15.9. The van der Waals surface area contributed by atoms with Gasteiger partial charge < -0.3 is 18.8 Å². The van der Waals surface area contributed by atoms with Crippen molar-refractivity contribution in [1.82, 2.24) is 0 Å². The van der Waals surface area contributed by atoms with Gasteiger partial charge in [0.1, 0.15) is 28.1 Å². The first-order valence-corrected chi connectivity index (χ1v) is 17.5. The zero-order valence-corrected chi connectivity index (χ0v) is 26.1. The topological polar surface area (TPSA) is 136 Å². The van der Waals surface area contributed by atoms with Crippen LogP contribution in [0.3, 0.4) is 0 Å². The molecule has 6 unspecified atom stereocenters. The van der Waals surface area contributed by atoms with E-state index >= 15 is 0 Å². The number of carbonyl (C=O) groups excluding carboxylic acids is 3. The molecule has 7 aliphatic rings. The molecular weight excluding hydrogens is 687 g/mol. The van der Waals surface area contributed by atoms with Crippen molar-refractivity contribution in [3.8, 4) is 5.75 Å². The van der Waals surface area contributed by atoms with Gasteiger partial charge in [-0.25, -0.2) is 13.2 Å². The molecule has 7 fully saturated rings. The molecule has 2 aromatic rings. The smallest absolute Gasteiger partial charge is 0.339 e. The summed E-state index contributed by atoms with van der Waals surface area (Å²) in [7, 11) is -4.74. The fourth-order valence-electron chi connectivity index (χ4n) is 9.98. The molecule has 6 atom stereocenters. The average Bonchev–Trinajstić information content (AvgIpc) is 3.56. The number of esters is 3. The average molecular weight is 718 g/mol. The molecule has 0 amide bonds. The van der Waals surface area contributed by atoms with Crippen LogP contribution >= 0.6 is 22.6 Å². The molecule has 11 heteroatoms. The summed E-state index contributed by atoms with van der Waals surface area (Å²) in [5, 5.41) is 0. The molecule has 6 bridgehead atoms. The highest BCUT2D eigenvalue weighted by Gasteiger charge is 2.70. The quantitative estimate of drug-likeness (QED) is 0.181. The number of ether oxygens (including phenoxy) is 3. The van der Waals surface area contributed by atoms with Crippen molar-refractivity contribution < 1.29 is 41.6 Å². The van der Waals surface area contributed by atoms with Crippen molar-refractivity contribution in [2.45, 2.75) is 61.5 Å². The minimum Gasteiger partial charge on any atom is -0.744 e. The predicted octanol–water partition coefficient (Wildman–Crippen LogP) is 4.67. The molecule has 1 heterocycles. The van der Waals surface area contributed by atoms with Gasteiger partial charge in [0.25, 0.3) is 0 Å². The van der Waals surface area contributed by atoms with Crippen LogP contribution in [0.2, 0.25) is 0 Å². The molecular formula is C32H30IO9S-. The molecule has 0 aromatic heterocycles. The van der Waals surface area contributed by atoms with Crippen molar-refractivity contribution in [1.29, 1.82) is 0 Å². The normalized spacial score (nSPS) is 38.3. The van der Waals surface area contributed by atoms with Gasteiger partial charge in [0.2, 0.25) is 0 Å². The summed E-state index contributed by atoms with van der Waals surface area (Å²) in [6.07, 6.45) is 4.47. The van der Waals surface area contributed by atoms with Crippen LogP contribution in [0.25, 0.3) is 0 Å². The first kappa shape index (κ1) is 28.0. The van der Waals surface area contributed by atoms with Gasteiger partial charge in [-0.05, 0) is 127 Å². The third-order valence-electron chi connectivity index (χ3n) is 11.2. The fourth-order valence-corrected chi connectivity index (χ4v) is 11.3. The summed E-state index contributed by atoms with van der Waals surface area (Å²) < 4.78 is 55.1. The van der Waals surface area contributed by atoms with Crippen LogP contribution in [-0.2, 0) is 29.2 Å². The van der Waals surface area contributed by atoms with E-state index in [2.05, 4.69) is 22.6 Å². The van der Waals surface area contributed by atoms with Crippen LogP contribution in [0.1, 0.15) is 60.4 Å². The molecule has 9 rings (SSSR count). The summed E-state index contributed by atoms with van der Waals surface area (Å²) in [6, 6.07) is 11.2. The number of rotatable bonds is 6. The standard InChI is InChI=1S/C32H31IO9S/c33-23-4-2-1-3-19(23)30(34)41-28-21-13-22-27(32(36)42-29(22)28)26(21)31(35)40-18-5-6-24(43(37,38)39)20(12-18)25-16-8-14-7-15(10-16)11-17(25)9-14/h1-6,12,14-17,21-22,25-29H,7-11,13H2,(H,37,38,39)/p-1. The Bertz CT molecular complexity index is 1630. The number of carbonyl (C=O) groups is 3. The van der Waals surface area contributed by atoms with E-state index in [1.165, 1.54) is 18.6 Å². The lowest BCUT2D eigenvalue weighted by atomic mass is 9.51. The van der Waals surface area contributed by atoms with Gasteiger partial charge >= 0.3 is 17.9 Å². The van der Waals surface area contributed by atoms with Crippen LogP contribution in [0.15, 0.2) is 47.4 Å². The van der Waals surface area contributed by atoms with Crippen LogP contribution in [0, 0.1) is 50.9 Å². The highest BCUT2D eigenvalue weighted by molar-refractivity contribution is 14.1. The molecule has 9 nitrogen and oxygen atoms in total. The lowest BCUT2D eigenvalue weighted by Gasteiger charge is -2.55. The van der Waals surface area contributed by atoms with Gasteiger partial charge in [-0.1, -0.05) is 12.1 Å². The van der Waals surface area contributed by atoms with E-state index < -0.39 is 58.0 Å². The summed E-state index contributed by atoms with van der Waals surface area (Å²) in [4.78, 5) is 39.5. The molecule has 0 spiro atoms. The highest BCUT2D eigenvalue weighted by Crippen LogP contribution is 2.61. The predicted molar refractivity (Wildman–Crippen MR) is 157 cm³/mol. The van der Waals surface area contributed by atoms with Crippen molar-refractivity contribution in [2.24, 2.45) is 47.3 Å². The molecule has 6 saturated carbocycles. The minimum atomic E-state index is -4.74. The Balaban J connectivity index is 1.07. The number of hydrogen-bond donors (Lipinski definition) is 0. The third kappa shape index (κ3) is 4.47. The molecule has 0 N–H and O–H groups in total. The van der Waals surface area contributed by atoms with E-state index in [1.807, 2.05) is 6.07 Å². The van der Waals surface area contributed by atoms with Gasteiger partial charge in [0.15, 0.2) is 0 Å². The number of fused-ring (bicyclic) bond motifs is 1. The second kappa shape index (κ2) is 10.00. The fraction of sp³-hybridized carbons (Fsp3) is 0.531. The molecule has 43 heavy (non-hydrogen) atoms. The van der Waals surface area contributed by atoms with Crippen molar-refractivity contribution >= 4 is 50.6 Å². The van der Waals surface area contributed by atoms with Crippen molar-refractivity contribution in [3.05, 3.63) is 57.2 Å². The molecule has 1 saturated heterocycles. The van der Waals surface area contributed by atoms with Crippen LogP contribution in [-0.4, -0.2) is 43.1 Å².